The lowest BCUT2D eigenvalue weighted by Crippen LogP contribution is -2.17. The van der Waals surface area contributed by atoms with Crippen molar-refractivity contribution in [2.24, 2.45) is 0 Å². The number of amides is 1. The first-order chi connectivity index (χ1) is 11.5. The van der Waals surface area contributed by atoms with Crippen LogP contribution in [0.1, 0.15) is 18.9 Å². The van der Waals surface area contributed by atoms with Crippen molar-refractivity contribution < 1.29 is 23.0 Å². The SMILES string of the molecule is CCCOC(=O)Nc1nc(OCc2ccc(F)cc2)c(F)cc1N. The van der Waals surface area contributed by atoms with Gasteiger partial charge in [-0.05, 0) is 24.1 Å². The molecule has 0 aliphatic rings. The van der Waals surface area contributed by atoms with Crippen LogP contribution in [0.25, 0.3) is 0 Å². The van der Waals surface area contributed by atoms with Crippen LogP contribution >= 0.6 is 0 Å². The molecule has 0 aliphatic carbocycles. The number of nitrogen functional groups attached to an aromatic ring is 1. The molecule has 24 heavy (non-hydrogen) atoms. The van der Waals surface area contributed by atoms with Gasteiger partial charge in [-0.1, -0.05) is 19.1 Å². The van der Waals surface area contributed by atoms with Gasteiger partial charge in [-0.2, -0.15) is 4.98 Å². The Morgan fingerprint density at radius 3 is 2.67 bits per heavy atom. The van der Waals surface area contributed by atoms with Gasteiger partial charge in [-0.25, -0.2) is 13.6 Å². The van der Waals surface area contributed by atoms with E-state index in [1.807, 2.05) is 6.92 Å². The molecule has 0 fully saturated rings. The maximum Gasteiger partial charge on any atom is 0.412 e. The van der Waals surface area contributed by atoms with Crippen molar-refractivity contribution in [3.05, 3.63) is 47.5 Å². The maximum absolute atomic E-state index is 13.9. The van der Waals surface area contributed by atoms with E-state index >= 15 is 0 Å². The molecule has 3 N–H and O–H groups in total. The zero-order valence-corrected chi connectivity index (χ0v) is 13.0. The summed E-state index contributed by atoms with van der Waals surface area (Å²) in [6.07, 6.45) is -0.0849. The van der Waals surface area contributed by atoms with Crippen LogP contribution < -0.4 is 15.8 Å². The minimum atomic E-state index is -0.776. The number of hydrogen-bond donors (Lipinski definition) is 2. The maximum atomic E-state index is 13.9. The molecule has 0 radical (unpaired) electrons. The highest BCUT2D eigenvalue weighted by molar-refractivity contribution is 5.87. The summed E-state index contributed by atoms with van der Waals surface area (Å²) in [5, 5.41) is 2.32. The standard InChI is InChI=1S/C16H17F2N3O3/c1-2-7-23-16(22)21-14-13(19)8-12(18)15(20-14)24-9-10-3-5-11(17)6-4-10/h3-6,8H,2,7,9,19H2,1H3,(H,20,21,22). The Hall–Kier alpha value is -2.90. The first kappa shape index (κ1) is 17.5. The van der Waals surface area contributed by atoms with E-state index in [0.717, 1.165) is 6.07 Å². The molecule has 0 spiro atoms. The molecule has 0 saturated carbocycles. The third-order valence-electron chi connectivity index (χ3n) is 2.92. The van der Waals surface area contributed by atoms with Crippen molar-refractivity contribution in [3.63, 3.8) is 0 Å². The van der Waals surface area contributed by atoms with Gasteiger partial charge in [-0.15, -0.1) is 0 Å². The Balaban J connectivity index is 2.07. The number of carbonyl (C=O) groups excluding carboxylic acids is 1. The first-order valence-corrected chi connectivity index (χ1v) is 7.26. The molecular formula is C16H17F2N3O3. The van der Waals surface area contributed by atoms with Crippen molar-refractivity contribution in [3.8, 4) is 5.88 Å². The van der Waals surface area contributed by atoms with Crippen LogP contribution in [-0.2, 0) is 11.3 Å². The van der Waals surface area contributed by atoms with Crippen molar-refractivity contribution in [2.45, 2.75) is 20.0 Å². The molecular weight excluding hydrogens is 320 g/mol. The molecule has 2 aromatic rings. The molecule has 1 aromatic heterocycles. The number of anilines is 2. The number of hydrogen-bond acceptors (Lipinski definition) is 5. The van der Waals surface area contributed by atoms with Gasteiger partial charge in [0.25, 0.3) is 5.88 Å². The summed E-state index contributed by atoms with van der Waals surface area (Å²) in [5.41, 5.74) is 6.19. The van der Waals surface area contributed by atoms with Crippen molar-refractivity contribution in [2.75, 3.05) is 17.7 Å². The quantitative estimate of drug-likeness (QED) is 0.843. The smallest absolute Gasteiger partial charge is 0.412 e. The van der Waals surface area contributed by atoms with Gasteiger partial charge in [-0.3, -0.25) is 5.32 Å². The Morgan fingerprint density at radius 2 is 2.00 bits per heavy atom. The van der Waals surface area contributed by atoms with Crippen LogP contribution in [-0.4, -0.2) is 17.7 Å². The van der Waals surface area contributed by atoms with Gasteiger partial charge >= 0.3 is 6.09 Å². The highest BCUT2D eigenvalue weighted by Crippen LogP contribution is 2.24. The first-order valence-electron chi connectivity index (χ1n) is 7.26. The highest BCUT2D eigenvalue weighted by atomic mass is 19.1. The van der Waals surface area contributed by atoms with Crippen molar-refractivity contribution >= 4 is 17.6 Å². The van der Waals surface area contributed by atoms with Crippen molar-refractivity contribution in [1.82, 2.24) is 4.98 Å². The third-order valence-corrected chi connectivity index (χ3v) is 2.92. The van der Waals surface area contributed by atoms with Gasteiger partial charge in [0.1, 0.15) is 12.4 Å². The van der Waals surface area contributed by atoms with Crippen LogP contribution in [0.5, 0.6) is 5.88 Å². The van der Waals surface area contributed by atoms with Crippen LogP contribution in [0.15, 0.2) is 30.3 Å². The van der Waals surface area contributed by atoms with Crippen LogP contribution in [0.3, 0.4) is 0 Å². The number of pyridine rings is 1. The average Bonchev–Trinajstić information content (AvgIpc) is 2.56. The van der Waals surface area contributed by atoms with E-state index in [2.05, 4.69) is 10.3 Å². The van der Waals surface area contributed by atoms with Crippen LogP contribution in [0, 0.1) is 11.6 Å². The summed E-state index contributed by atoms with van der Waals surface area (Å²) < 4.78 is 36.8. The van der Waals surface area contributed by atoms with E-state index < -0.39 is 11.9 Å². The van der Waals surface area contributed by atoms with Gasteiger partial charge in [0.15, 0.2) is 11.6 Å². The fourth-order valence-corrected chi connectivity index (χ4v) is 1.75. The Bertz CT molecular complexity index is 708. The van der Waals surface area contributed by atoms with E-state index in [1.165, 1.54) is 24.3 Å². The number of carbonyl (C=O) groups is 1. The number of halogens is 2. The average molecular weight is 337 g/mol. The van der Waals surface area contributed by atoms with Crippen LogP contribution in [0.4, 0.5) is 25.1 Å². The molecule has 0 unspecified atom stereocenters. The summed E-state index contributed by atoms with van der Waals surface area (Å²) in [5.74, 6) is -1.55. The fraction of sp³-hybridized carbons (Fsp3) is 0.250. The Kier molecular flexibility index (Phi) is 5.89. The second-order valence-corrected chi connectivity index (χ2v) is 4.89. The van der Waals surface area contributed by atoms with Gasteiger partial charge in [0.05, 0.1) is 12.3 Å². The zero-order chi connectivity index (χ0) is 17.5. The molecule has 1 aromatic carbocycles. The number of benzene rings is 1. The summed E-state index contributed by atoms with van der Waals surface area (Å²) in [6.45, 7) is 2.06. The summed E-state index contributed by atoms with van der Waals surface area (Å²) in [6, 6.07) is 6.53. The number of ether oxygens (including phenoxy) is 2. The largest absolute Gasteiger partial charge is 0.471 e. The van der Waals surface area contributed by atoms with E-state index in [9.17, 15) is 13.6 Å². The molecule has 0 atom stereocenters. The van der Waals surface area contributed by atoms with Gasteiger partial charge in [0, 0.05) is 6.07 Å². The lowest BCUT2D eigenvalue weighted by molar-refractivity contribution is 0.161. The summed E-state index contributed by atoms with van der Waals surface area (Å²) in [4.78, 5) is 15.4. The third kappa shape index (κ3) is 4.80. The number of rotatable bonds is 6. The highest BCUT2D eigenvalue weighted by Gasteiger charge is 2.14. The minimum Gasteiger partial charge on any atom is -0.471 e. The molecule has 1 amide bonds. The van der Waals surface area contributed by atoms with E-state index in [1.54, 1.807) is 0 Å². The predicted octanol–water partition coefficient (Wildman–Crippen LogP) is 3.48. The summed E-state index contributed by atoms with van der Waals surface area (Å²) >= 11 is 0. The molecule has 0 aliphatic heterocycles. The zero-order valence-electron chi connectivity index (χ0n) is 13.0. The number of nitrogens with two attached hydrogens (primary N) is 1. The van der Waals surface area contributed by atoms with E-state index in [-0.39, 0.29) is 36.4 Å². The molecule has 0 bridgehead atoms. The second-order valence-electron chi connectivity index (χ2n) is 4.89. The number of aromatic nitrogens is 1. The predicted molar refractivity (Wildman–Crippen MR) is 84.6 cm³/mol. The van der Waals surface area contributed by atoms with E-state index in [0.29, 0.717) is 12.0 Å². The van der Waals surface area contributed by atoms with Crippen molar-refractivity contribution in [1.29, 1.82) is 0 Å². The lowest BCUT2D eigenvalue weighted by Gasteiger charge is -2.11. The summed E-state index contributed by atoms with van der Waals surface area (Å²) in [7, 11) is 0. The molecule has 0 saturated heterocycles. The van der Waals surface area contributed by atoms with Gasteiger partial charge < -0.3 is 15.2 Å². The molecule has 8 heteroatoms. The second kappa shape index (κ2) is 8.09. The monoisotopic (exact) mass is 337 g/mol. The molecule has 1 heterocycles. The molecule has 2 rings (SSSR count). The lowest BCUT2D eigenvalue weighted by atomic mass is 10.2. The van der Waals surface area contributed by atoms with Crippen LogP contribution in [0.2, 0.25) is 0 Å². The Labute approximate surface area is 137 Å². The Morgan fingerprint density at radius 1 is 1.29 bits per heavy atom. The topological polar surface area (TPSA) is 86.5 Å². The molecule has 128 valence electrons. The minimum absolute atomic E-state index is 0.0200. The number of nitrogens with one attached hydrogen (secondary N) is 1. The van der Waals surface area contributed by atoms with Gasteiger partial charge in [0.2, 0.25) is 0 Å². The number of nitrogens with zero attached hydrogens (tertiary/aromatic N) is 1. The van der Waals surface area contributed by atoms with E-state index in [4.69, 9.17) is 15.2 Å². The fourth-order valence-electron chi connectivity index (χ4n) is 1.75. The normalized spacial score (nSPS) is 10.3. The molecule has 6 nitrogen and oxygen atoms in total.